The van der Waals surface area contributed by atoms with Crippen molar-refractivity contribution in [2.45, 2.75) is 39.2 Å². The zero-order chi connectivity index (χ0) is 16.4. The Labute approximate surface area is 136 Å². The molecule has 4 nitrogen and oxygen atoms in total. The second kappa shape index (κ2) is 6.41. The maximum Gasteiger partial charge on any atom is 0.310 e. The molecule has 1 heterocycles. The number of esters is 1. The highest BCUT2D eigenvalue weighted by atomic mass is 16.5. The molecule has 0 radical (unpaired) electrons. The lowest BCUT2D eigenvalue weighted by molar-refractivity contribution is -0.141. The third kappa shape index (κ3) is 3.52. The Morgan fingerprint density at radius 3 is 2.52 bits per heavy atom. The average molecular weight is 311 g/mol. The maximum atomic E-state index is 12.3. The number of ether oxygens (including phenoxy) is 1. The van der Waals surface area contributed by atoms with Crippen LogP contribution in [0.1, 0.15) is 46.2 Å². The topological polar surface area (TPSA) is 48.3 Å². The number of benzene rings is 1. The van der Waals surface area contributed by atoms with E-state index in [2.05, 4.69) is 4.57 Å². The lowest BCUT2D eigenvalue weighted by atomic mass is 10.1. The van der Waals surface area contributed by atoms with Gasteiger partial charge in [-0.1, -0.05) is 30.3 Å². The molecule has 0 aliphatic heterocycles. The lowest BCUT2D eigenvalue weighted by Crippen LogP contribution is -2.16. The number of hydrogen-bond donors (Lipinski definition) is 0. The van der Waals surface area contributed by atoms with Crippen LogP contribution in [0.5, 0.6) is 0 Å². The number of hydrogen-bond acceptors (Lipinski definition) is 3. The standard InChI is InChI=1S/C19H21NO3/c1-13-10-17(14(2)20(13)16-8-9-16)18(21)12-23-19(22)11-15-6-4-3-5-7-15/h3-7,10,16H,8-9,11-12H2,1-2H3. The molecule has 4 heteroatoms. The summed E-state index contributed by atoms with van der Waals surface area (Å²) in [6.07, 6.45) is 2.54. The van der Waals surface area contributed by atoms with E-state index in [9.17, 15) is 9.59 Å². The minimum atomic E-state index is -0.374. The van der Waals surface area contributed by atoms with Crippen LogP contribution in [0.25, 0.3) is 0 Å². The van der Waals surface area contributed by atoms with Gasteiger partial charge in [0.25, 0.3) is 0 Å². The van der Waals surface area contributed by atoms with Crippen LogP contribution in [0.3, 0.4) is 0 Å². The van der Waals surface area contributed by atoms with E-state index in [1.54, 1.807) is 0 Å². The molecular weight excluding hydrogens is 290 g/mol. The van der Waals surface area contributed by atoms with E-state index in [0.717, 1.165) is 17.0 Å². The van der Waals surface area contributed by atoms with Gasteiger partial charge in [0.1, 0.15) is 0 Å². The van der Waals surface area contributed by atoms with Crippen LogP contribution in [0.4, 0.5) is 0 Å². The molecule has 1 fully saturated rings. The largest absolute Gasteiger partial charge is 0.457 e. The first kappa shape index (κ1) is 15.5. The monoisotopic (exact) mass is 311 g/mol. The number of aromatic nitrogens is 1. The van der Waals surface area contributed by atoms with Crippen LogP contribution in [-0.4, -0.2) is 22.9 Å². The molecule has 0 unspecified atom stereocenters. The van der Waals surface area contributed by atoms with Gasteiger partial charge in [-0.2, -0.15) is 0 Å². The zero-order valence-electron chi connectivity index (χ0n) is 13.5. The molecule has 2 aromatic rings. The van der Waals surface area contributed by atoms with E-state index in [1.807, 2.05) is 50.2 Å². The summed E-state index contributed by atoms with van der Waals surface area (Å²) in [5.41, 5.74) is 3.64. The normalized spacial score (nSPS) is 13.8. The van der Waals surface area contributed by atoms with Crippen molar-refractivity contribution >= 4 is 11.8 Å². The summed E-state index contributed by atoms with van der Waals surface area (Å²) in [6.45, 7) is 3.79. The van der Waals surface area contributed by atoms with Crippen LogP contribution in [0, 0.1) is 13.8 Å². The highest BCUT2D eigenvalue weighted by molar-refractivity contribution is 5.99. The minimum Gasteiger partial charge on any atom is -0.457 e. The molecule has 1 aliphatic carbocycles. The van der Waals surface area contributed by atoms with E-state index < -0.39 is 0 Å². The van der Waals surface area contributed by atoms with Gasteiger partial charge in [0, 0.05) is 23.0 Å². The second-order valence-corrected chi connectivity index (χ2v) is 6.13. The van der Waals surface area contributed by atoms with Crippen LogP contribution < -0.4 is 0 Å². The predicted octanol–water partition coefficient (Wildman–Crippen LogP) is 3.41. The van der Waals surface area contributed by atoms with Gasteiger partial charge >= 0.3 is 5.97 Å². The fraction of sp³-hybridized carbons (Fsp3) is 0.368. The van der Waals surface area contributed by atoms with Gasteiger partial charge in [-0.15, -0.1) is 0 Å². The van der Waals surface area contributed by atoms with E-state index in [1.165, 1.54) is 12.8 Å². The quantitative estimate of drug-likeness (QED) is 0.607. The Morgan fingerprint density at radius 1 is 1.17 bits per heavy atom. The number of carbonyl (C=O) groups excluding carboxylic acids is 2. The molecule has 0 saturated heterocycles. The predicted molar refractivity (Wildman–Crippen MR) is 87.6 cm³/mol. The van der Waals surface area contributed by atoms with Gasteiger partial charge in [-0.05, 0) is 38.3 Å². The van der Waals surface area contributed by atoms with E-state index in [0.29, 0.717) is 11.6 Å². The van der Waals surface area contributed by atoms with Crippen molar-refractivity contribution in [3.05, 3.63) is 58.9 Å². The van der Waals surface area contributed by atoms with Crippen molar-refractivity contribution in [1.29, 1.82) is 0 Å². The summed E-state index contributed by atoms with van der Waals surface area (Å²) in [5.74, 6) is -0.507. The molecule has 23 heavy (non-hydrogen) atoms. The highest BCUT2D eigenvalue weighted by Crippen LogP contribution is 2.38. The van der Waals surface area contributed by atoms with E-state index in [-0.39, 0.29) is 24.8 Å². The van der Waals surface area contributed by atoms with Gasteiger partial charge in [0.05, 0.1) is 6.42 Å². The van der Waals surface area contributed by atoms with Crippen LogP contribution in [0.15, 0.2) is 36.4 Å². The van der Waals surface area contributed by atoms with Crippen molar-refractivity contribution in [2.24, 2.45) is 0 Å². The molecule has 0 atom stereocenters. The summed E-state index contributed by atoms with van der Waals surface area (Å²) in [5, 5.41) is 0. The number of ketones is 1. The molecule has 3 rings (SSSR count). The molecule has 0 spiro atoms. The van der Waals surface area contributed by atoms with Gasteiger partial charge in [-0.25, -0.2) is 0 Å². The van der Waals surface area contributed by atoms with Crippen molar-refractivity contribution in [3.8, 4) is 0 Å². The number of rotatable bonds is 6. The van der Waals surface area contributed by atoms with Gasteiger partial charge in [0.15, 0.2) is 6.61 Å². The first-order valence-electron chi connectivity index (χ1n) is 7.97. The lowest BCUT2D eigenvalue weighted by Gasteiger charge is -2.08. The van der Waals surface area contributed by atoms with E-state index >= 15 is 0 Å². The summed E-state index contributed by atoms with van der Waals surface area (Å²) in [6, 6.07) is 11.8. The molecular formula is C19H21NO3. The summed E-state index contributed by atoms with van der Waals surface area (Å²) >= 11 is 0. The second-order valence-electron chi connectivity index (χ2n) is 6.13. The van der Waals surface area contributed by atoms with Crippen molar-refractivity contribution in [1.82, 2.24) is 4.57 Å². The molecule has 1 aromatic heterocycles. The summed E-state index contributed by atoms with van der Waals surface area (Å²) in [4.78, 5) is 24.2. The van der Waals surface area contributed by atoms with Crippen molar-refractivity contribution < 1.29 is 14.3 Å². The third-order valence-electron chi connectivity index (χ3n) is 4.25. The minimum absolute atomic E-state index is 0.133. The zero-order valence-corrected chi connectivity index (χ0v) is 13.5. The first-order chi connectivity index (χ1) is 11.1. The van der Waals surface area contributed by atoms with Gasteiger partial charge < -0.3 is 9.30 Å². The third-order valence-corrected chi connectivity index (χ3v) is 4.25. The number of nitrogens with zero attached hydrogens (tertiary/aromatic N) is 1. The van der Waals surface area contributed by atoms with Crippen molar-refractivity contribution in [3.63, 3.8) is 0 Å². The molecule has 1 aromatic carbocycles. The van der Waals surface area contributed by atoms with Crippen LogP contribution >= 0.6 is 0 Å². The Bertz CT molecular complexity index is 727. The summed E-state index contributed by atoms with van der Waals surface area (Å²) in [7, 11) is 0. The van der Waals surface area contributed by atoms with Crippen LogP contribution in [0.2, 0.25) is 0 Å². The number of aryl methyl sites for hydroxylation is 1. The van der Waals surface area contributed by atoms with Gasteiger partial charge in [0.2, 0.25) is 5.78 Å². The number of carbonyl (C=O) groups is 2. The smallest absolute Gasteiger partial charge is 0.310 e. The van der Waals surface area contributed by atoms with Crippen LogP contribution in [-0.2, 0) is 16.0 Å². The number of Topliss-reactive ketones (excluding diaryl/α,β-unsaturated/α-hetero) is 1. The fourth-order valence-electron chi connectivity index (χ4n) is 2.99. The SMILES string of the molecule is Cc1cc(C(=O)COC(=O)Cc2ccccc2)c(C)n1C1CC1. The Kier molecular flexibility index (Phi) is 4.33. The first-order valence-corrected chi connectivity index (χ1v) is 7.97. The Hall–Kier alpha value is -2.36. The molecule has 120 valence electrons. The molecule has 0 bridgehead atoms. The highest BCUT2D eigenvalue weighted by Gasteiger charge is 2.28. The Morgan fingerprint density at radius 2 is 1.87 bits per heavy atom. The molecule has 0 N–H and O–H groups in total. The Balaban J connectivity index is 1.59. The maximum absolute atomic E-state index is 12.3. The van der Waals surface area contributed by atoms with Gasteiger partial charge in [-0.3, -0.25) is 9.59 Å². The fourth-order valence-corrected chi connectivity index (χ4v) is 2.99. The molecule has 1 saturated carbocycles. The van der Waals surface area contributed by atoms with E-state index in [4.69, 9.17) is 4.74 Å². The summed E-state index contributed by atoms with van der Waals surface area (Å²) < 4.78 is 7.37. The van der Waals surface area contributed by atoms with Crippen molar-refractivity contribution in [2.75, 3.05) is 6.61 Å². The molecule has 1 aliphatic rings. The molecule has 0 amide bonds. The average Bonchev–Trinajstić information content (AvgIpc) is 3.31.